The molecule has 0 heterocycles. The van der Waals surface area contributed by atoms with Gasteiger partial charge in [0.2, 0.25) is 0 Å². The summed E-state index contributed by atoms with van der Waals surface area (Å²) in [4.78, 5) is 11.3. The van der Waals surface area contributed by atoms with E-state index in [0.29, 0.717) is 6.61 Å². The topological polar surface area (TPSA) is 66.8 Å². The zero-order valence-electron chi connectivity index (χ0n) is 9.72. The molecule has 0 aromatic heterocycles. The van der Waals surface area contributed by atoms with E-state index in [4.69, 9.17) is 4.74 Å². The van der Waals surface area contributed by atoms with E-state index in [2.05, 4.69) is 0 Å². The van der Waals surface area contributed by atoms with Gasteiger partial charge in [-0.15, -0.1) is 0 Å². The maximum Gasteiger partial charge on any atom is 0.314 e. The van der Waals surface area contributed by atoms with E-state index < -0.39 is 17.5 Å². The maximum absolute atomic E-state index is 11.3. The highest BCUT2D eigenvalue weighted by Gasteiger charge is 2.51. The molecule has 4 nitrogen and oxygen atoms in total. The molecular formula is C13H16O4. The van der Waals surface area contributed by atoms with Gasteiger partial charge in [-0.1, -0.05) is 12.1 Å². The van der Waals surface area contributed by atoms with Gasteiger partial charge in [-0.05, 0) is 37.5 Å². The Labute approximate surface area is 99.8 Å². The van der Waals surface area contributed by atoms with Crippen molar-refractivity contribution in [3.8, 4) is 5.75 Å². The van der Waals surface area contributed by atoms with E-state index in [1.165, 1.54) is 0 Å². The van der Waals surface area contributed by atoms with E-state index in [1.54, 1.807) is 24.3 Å². The van der Waals surface area contributed by atoms with Crippen molar-refractivity contribution >= 4 is 5.97 Å². The molecule has 0 unspecified atom stereocenters. The van der Waals surface area contributed by atoms with Crippen LogP contribution in [-0.4, -0.2) is 28.9 Å². The van der Waals surface area contributed by atoms with Crippen LogP contribution in [0.4, 0.5) is 0 Å². The number of carbonyl (C=O) groups is 1. The first kappa shape index (κ1) is 11.9. The number of ether oxygens (including phenoxy) is 1. The van der Waals surface area contributed by atoms with Crippen LogP contribution in [-0.2, 0) is 10.2 Å². The summed E-state index contributed by atoms with van der Waals surface area (Å²) in [6.07, 6.45) is 0.0739. The molecule has 0 spiro atoms. The summed E-state index contributed by atoms with van der Waals surface area (Å²) in [7, 11) is 0. The van der Waals surface area contributed by atoms with Crippen molar-refractivity contribution in [3.05, 3.63) is 29.8 Å². The molecule has 0 saturated heterocycles. The quantitative estimate of drug-likeness (QED) is 0.832. The summed E-state index contributed by atoms with van der Waals surface area (Å²) in [6, 6.07) is 7.08. The smallest absolute Gasteiger partial charge is 0.314 e. The van der Waals surface area contributed by atoms with E-state index in [-0.39, 0.29) is 12.8 Å². The number of hydrogen-bond acceptors (Lipinski definition) is 3. The number of aliphatic hydroxyl groups excluding tert-OH is 1. The highest BCUT2D eigenvalue weighted by molar-refractivity contribution is 5.83. The summed E-state index contributed by atoms with van der Waals surface area (Å²) in [5, 5.41) is 18.6. The minimum atomic E-state index is -0.913. The first-order valence-corrected chi connectivity index (χ1v) is 5.73. The zero-order chi connectivity index (χ0) is 12.5. The van der Waals surface area contributed by atoms with E-state index in [1.807, 2.05) is 6.92 Å². The molecule has 1 aliphatic carbocycles. The van der Waals surface area contributed by atoms with Crippen LogP contribution in [0.3, 0.4) is 0 Å². The number of aliphatic hydroxyl groups is 1. The average molecular weight is 236 g/mol. The van der Waals surface area contributed by atoms with Gasteiger partial charge >= 0.3 is 5.97 Å². The Hall–Kier alpha value is -1.55. The molecule has 92 valence electrons. The lowest BCUT2D eigenvalue weighted by Gasteiger charge is -2.42. The lowest BCUT2D eigenvalue weighted by atomic mass is 9.63. The molecule has 0 atom stereocenters. The monoisotopic (exact) mass is 236 g/mol. The van der Waals surface area contributed by atoms with E-state index in [9.17, 15) is 15.0 Å². The van der Waals surface area contributed by atoms with Crippen molar-refractivity contribution < 1.29 is 19.7 Å². The van der Waals surface area contributed by atoms with Gasteiger partial charge < -0.3 is 14.9 Å². The number of rotatable bonds is 4. The minimum absolute atomic E-state index is 0.288. The Balaban J connectivity index is 2.23. The Morgan fingerprint density at radius 3 is 2.41 bits per heavy atom. The molecular weight excluding hydrogens is 220 g/mol. The van der Waals surface area contributed by atoms with Crippen molar-refractivity contribution in [3.63, 3.8) is 0 Å². The SMILES string of the molecule is CCOc1ccc(C2(C(=O)O)CC(O)C2)cc1. The second-order valence-electron chi connectivity index (χ2n) is 4.41. The molecule has 0 radical (unpaired) electrons. The standard InChI is InChI=1S/C13H16O4/c1-2-17-11-5-3-9(4-6-11)13(12(15)16)7-10(14)8-13/h3-6,10,14H,2,7-8H2,1H3,(H,15,16). The van der Waals surface area contributed by atoms with Crippen molar-refractivity contribution in [1.82, 2.24) is 0 Å². The van der Waals surface area contributed by atoms with Crippen LogP contribution < -0.4 is 4.74 Å². The fourth-order valence-corrected chi connectivity index (χ4v) is 2.32. The molecule has 1 saturated carbocycles. The number of benzene rings is 1. The number of hydrogen-bond donors (Lipinski definition) is 2. The predicted molar refractivity (Wildman–Crippen MR) is 62.2 cm³/mol. The Kier molecular flexibility index (Phi) is 3.07. The Bertz CT molecular complexity index is 404. The first-order chi connectivity index (χ1) is 8.08. The van der Waals surface area contributed by atoms with Gasteiger partial charge in [0.05, 0.1) is 18.1 Å². The predicted octanol–water partition coefficient (Wildman–Crippen LogP) is 1.56. The van der Waals surface area contributed by atoms with Gasteiger partial charge in [0.25, 0.3) is 0 Å². The van der Waals surface area contributed by atoms with Gasteiger partial charge in [-0.25, -0.2) is 0 Å². The summed E-state index contributed by atoms with van der Waals surface area (Å²) >= 11 is 0. The van der Waals surface area contributed by atoms with Crippen LogP contribution in [0.5, 0.6) is 5.75 Å². The summed E-state index contributed by atoms with van der Waals surface area (Å²) in [5.74, 6) is -0.136. The normalized spacial score (nSPS) is 27.3. The second kappa shape index (κ2) is 4.37. The second-order valence-corrected chi connectivity index (χ2v) is 4.41. The first-order valence-electron chi connectivity index (χ1n) is 5.73. The highest BCUT2D eigenvalue weighted by atomic mass is 16.5. The van der Waals surface area contributed by atoms with Crippen LogP contribution >= 0.6 is 0 Å². The molecule has 0 aliphatic heterocycles. The fraction of sp³-hybridized carbons (Fsp3) is 0.462. The Morgan fingerprint density at radius 1 is 1.41 bits per heavy atom. The van der Waals surface area contributed by atoms with Crippen molar-refractivity contribution in [2.45, 2.75) is 31.3 Å². The van der Waals surface area contributed by atoms with Crippen molar-refractivity contribution in [1.29, 1.82) is 0 Å². The van der Waals surface area contributed by atoms with Crippen LogP contribution in [0.2, 0.25) is 0 Å². The highest BCUT2D eigenvalue weighted by Crippen LogP contribution is 2.44. The molecule has 1 aromatic rings. The number of carboxylic acid groups (broad SMARTS) is 1. The van der Waals surface area contributed by atoms with Gasteiger partial charge in [-0.3, -0.25) is 4.79 Å². The molecule has 0 bridgehead atoms. The van der Waals surface area contributed by atoms with Gasteiger partial charge in [0.1, 0.15) is 5.75 Å². The lowest BCUT2D eigenvalue weighted by Crippen LogP contribution is -2.50. The minimum Gasteiger partial charge on any atom is -0.494 e. The van der Waals surface area contributed by atoms with Crippen molar-refractivity contribution in [2.75, 3.05) is 6.61 Å². The van der Waals surface area contributed by atoms with Crippen LogP contribution in [0.25, 0.3) is 0 Å². The number of carboxylic acids is 1. The van der Waals surface area contributed by atoms with E-state index in [0.717, 1.165) is 11.3 Å². The third-order valence-corrected chi connectivity index (χ3v) is 3.30. The summed E-state index contributed by atoms with van der Waals surface area (Å²) in [6.45, 7) is 2.48. The third-order valence-electron chi connectivity index (χ3n) is 3.30. The lowest BCUT2D eigenvalue weighted by molar-refractivity contribution is -0.152. The van der Waals surface area contributed by atoms with Crippen LogP contribution in [0.15, 0.2) is 24.3 Å². The van der Waals surface area contributed by atoms with Gasteiger partial charge in [0.15, 0.2) is 0 Å². The molecule has 2 rings (SSSR count). The summed E-state index contributed by atoms with van der Waals surface area (Å²) < 4.78 is 5.31. The average Bonchev–Trinajstić information content (AvgIpc) is 2.26. The van der Waals surface area contributed by atoms with Crippen LogP contribution in [0, 0.1) is 0 Å². The fourth-order valence-electron chi connectivity index (χ4n) is 2.32. The molecule has 1 fully saturated rings. The molecule has 1 aliphatic rings. The van der Waals surface area contributed by atoms with Gasteiger partial charge in [0, 0.05) is 0 Å². The maximum atomic E-state index is 11.3. The van der Waals surface area contributed by atoms with Gasteiger partial charge in [-0.2, -0.15) is 0 Å². The molecule has 2 N–H and O–H groups in total. The molecule has 4 heteroatoms. The molecule has 17 heavy (non-hydrogen) atoms. The largest absolute Gasteiger partial charge is 0.494 e. The molecule has 1 aromatic carbocycles. The molecule has 0 amide bonds. The third kappa shape index (κ3) is 2.00. The van der Waals surface area contributed by atoms with Crippen LogP contribution in [0.1, 0.15) is 25.3 Å². The number of aliphatic carboxylic acids is 1. The Morgan fingerprint density at radius 2 is 2.00 bits per heavy atom. The summed E-state index contributed by atoms with van der Waals surface area (Å²) in [5.41, 5.74) is -0.178. The van der Waals surface area contributed by atoms with Crippen molar-refractivity contribution in [2.24, 2.45) is 0 Å². The zero-order valence-corrected chi connectivity index (χ0v) is 9.72. The van der Waals surface area contributed by atoms with E-state index >= 15 is 0 Å².